The van der Waals surface area contributed by atoms with Gasteiger partial charge < -0.3 is 5.73 Å². The molecule has 1 heterocycles. The lowest BCUT2D eigenvalue weighted by Crippen LogP contribution is -2.40. The van der Waals surface area contributed by atoms with Crippen LogP contribution in [-0.2, 0) is 4.79 Å². The molecule has 0 spiro atoms. The fraction of sp³-hybridized carbons (Fsp3) is 0.500. The first kappa shape index (κ1) is 12.4. The molecule has 1 saturated carbocycles. The third kappa shape index (κ3) is 2.07. The molecule has 3 rings (SSSR count). The van der Waals surface area contributed by atoms with Gasteiger partial charge in [0.05, 0.1) is 17.7 Å². The van der Waals surface area contributed by atoms with Crippen LogP contribution < -0.4 is 5.73 Å². The van der Waals surface area contributed by atoms with E-state index in [4.69, 9.17) is 10.7 Å². The van der Waals surface area contributed by atoms with Crippen molar-refractivity contribution >= 4 is 11.6 Å². The molecule has 2 N–H and O–H groups in total. The smallest absolute Gasteiger partial charge is 0.223 e. The van der Waals surface area contributed by atoms with Gasteiger partial charge in [0.15, 0.2) is 0 Å². The maximum absolute atomic E-state index is 11.3. The number of rotatable bonds is 2. The minimum Gasteiger partial charge on any atom is -0.369 e. The lowest BCUT2D eigenvalue weighted by Gasteiger charge is -2.43. The van der Waals surface area contributed by atoms with Gasteiger partial charge in [-0.2, -0.15) is 0 Å². The SMILES string of the molecule is C[C@]12CCCC[C@H]1c1ccccc1C(CC(N)=O)=N2. The Morgan fingerprint density at radius 2 is 2.21 bits per heavy atom. The first-order valence-electron chi connectivity index (χ1n) is 7.06. The molecule has 2 atom stereocenters. The van der Waals surface area contributed by atoms with Gasteiger partial charge in [-0.05, 0) is 30.9 Å². The van der Waals surface area contributed by atoms with Crippen molar-refractivity contribution < 1.29 is 4.79 Å². The summed E-state index contributed by atoms with van der Waals surface area (Å²) in [4.78, 5) is 16.2. The number of hydrogen-bond donors (Lipinski definition) is 1. The number of hydrogen-bond acceptors (Lipinski definition) is 2. The lowest BCUT2D eigenvalue weighted by atomic mass is 9.67. The van der Waals surface area contributed by atoms with E-state index in [0.717, 1.165) is 17.7 Å². The molecule has 0 radical (unpaired) electrons. The van der Waals surface area contributed by atoms with E-state index in [1.165, 1.54) is 24.8 Å². The maximum atomic E-state index is 11.3. The number of nitrogens with two attached hydrogens (primary N) is 1. The van der Waals surface area contributed by atoms with E-state index in [-0.39, 0.29) is 17.9 Å². The molecule has 3 nitrogen and oxygen atoms in total. The van der Waals surface area contributed by atoms with Crippen molar-refractivity contribution in [3.8, 4) is 0 Å². The minimum atomic E-state index is -0.300. The van der Waals surface area contributed by atoms with Gasteiger partial charge in [-0.25, -0.2) is 0 Å². The molecule has 0 saturated heterocycles. The van der Waals surface area contributed by atoms with Crippen LogP contribution in [0.4, 0.5) is 0 Å². The number of carbonyl (C=O) groups excluding carboxylic acids is 1. The van der Waals surface area contributed by atoms with Crippen LogP contribution in [0.25, 0.3) is 0 Å². The van der Waals surface area contributed by atoms with Gasteiger partial charge in [0.25, 0.3) is 0 Å². The van der Waals surface area contributed by atoms with E-state index in [0.29, 0.717) is 5.92 Å². The summed E-state index contributed by atoms with van der Waals surface area (Å²) in [6.07, 6.45) is 5.05. The van der Waals surface area contributed by atoms with Crippen LogP contribution in [-0.4, -0.2) is 17.2 Å². The Bertz CT molecular complexity index is 549. The predicted molar refractivity (Wildman–Crippen MR) is 76.4 cm³/mol. The fourth-order valence-corrected chi connectivity index (χ4v) is 3.67. The number of benzene rings is 1. The average molecular weight is 256 g/mol. The second kappa shape index (κ2) is 4.48. The molecule has 2 aliphatic rings. The molecule has 1 aromatic rings. The number of primary amides is 1. The molecule has 100 valence electrons. The van der Waals surface area contributed by atoms with Crippen LogP contribution in [0, 0.1) is 0 Å². The molecule has 0 aromatic heterocycles. The second-order valence-corrected chi connectivity index (χ2v) is 5.94. The summed E-state index contributed by atoms with van der Waals surface area (Å²) in [5, 5.41) is 0. The number of nitrogens with zero attached hydrogens (tertiary/aromatic N) is 1. The molecule has 3 heteroatoms. The van der Waals surface area contributed by atoms with Crippen molar-refractivity contribution in [2.45, 2.75) is 50.5 Å². The third-order valence-corrected chi connectivity index (χ3v) is 4.56. The van der Waals surface area contributed by atoms with Crippen LogP contribution in [0.1, 0.15) is 56.1 Å². The number of amides is 1. The number of fused-ring (bicyclic) bond motifs is 3. The third-order valence-electron chi connectivity index (χ3n) is 4.56. The van der Waals surface area contributed by atoms with E-state index in [1.807, 2.05) is 6.07 Å². The highest BCUT2D eigenvalue weighted by Gasteiger charge is 2.41. The van der Waals surface area contributed by atoms with Gasteiger partial charge in [0, 0.05) is 5.92 Å². The van der Waals surface area contributed by atoms with Gasteiger partial charge in [0.2, 0.25) is 5.91 Å². The molecule has 1 aromatic carbocycles. The summed E-state index contributed by atoms with van der Waals surface area (Å²) in [7, 11) is 0. The van der Waals surface area contributed by atoms with Crippen molar-refractivity contribution in [1.82, 2.24) is 0 Å². The van der Waals surface area contributed by atoms with Crippen molar-refractivity contribution in [2.24, 2.45) is 10.7 Å². The van der Waals surface area contributed by atoms with E-state index in [2.05, 4.69) is 25.1 Å². The van der Waals surface area contributed by atoms with Crippen LogP contribution >= 0.6 is 0 Å². The van der Waals surface area contributed by atoms with Gasteiger partial charge in [-0.15, -0.1) is 0 Å². The first-order valence-corrected chi connectivity index (χ1v) is 7.06. The van der Waals surface area contributed by atoms with E-state index in [1.54, 1.807) is 0 Å². The Morgan fingerprint density at radius 1 is 1.42 bits per heavy atom. The first-order chi connectivity index (χ1) is 9.10. The highest BCUT2D eigenvalue weighted by Crippen LogP contribution is 2.47. The molecule has 1 aliphatic carbocycles. The molecule has 0 bridgehead atoms. The summed E-state index contributed by atoms with van der Waals surface area (Å²) in [5.41, 5.74) is 8.69. The van der Waals surface area contributed by atoms with E-state index < -0.39 is 0 Å². The Balaban J connectivity index is 2.11. The summed E-state index contributed by atoms with van der Waals surface area (Å²) in [5.74, 6) is 0.195. The lowest BCUT2D eigenvalue weighted by molar-refractivity contribution is -0.116. The Morgan fingerprint density at radius 3 is 3.00 bits per heavy atom. The molecular weight excluding hydrogens is 236 g/mol. The molecule has 1 amide bonds. The Labute approximate surface area is 113 Å². The van der Waals surface area contributed by atoms with Crippen LogP contribution in [0.15, 0.2) is 29.3 Å². The van der Waals surface area contributed by atoms with Gasteiger partial charge in [0.1, 0.15) is 0 Å². The van der Waals surface area contributed by atoms with Gasteiger partial charge >= 0.3 is 0 Å². The van der Waals surface area contributed by atoms with Crippen molar-refractivity contribution in [3.63, 3.8) is 0 Å². The largest absolute Gasteiger partial charge is 0.369 e. The highest BCUT2D eigenvalue weighted by atomic mass is 16.1. The minimum absolute atomic E-state index is 0.0443. The standard InChI is InChI=1S/C16H20N2O/c1-16-9-5-4-8-13(16)11-6-2-3-7-12(11)14(18-16)10-15(17)19/h2-3,6-7,13H,4-5,8-10H2,1H3,(H2,17,19)/t13-,16-/m0/s1. The normalized spacial score (nSPS) is 29.1. The predicted octanol–water partition coefficient (Wildman–Crippen LogP) is 2.78. The monoisotopic (exact) mass is 256 g/mol. The van der Waals surface area contributed by atoms with Crippen LogP contribution in [0.3, 0.4) is 0 Å². The topological polar surface area (TPSA) is 55.5 Å². The van der Waals surface area contributed by atoms with Gasteiger partial charge in [-0.1, -0.05) is 37.1 Å². The summed E-state index contributed by atoms with van der Waals surface area (Å²) in [6, 6.07) is 8.37. The molecular formula is C16H20N2O. The van der Waals surface area contributed by atoms with Crippen molar-refractivity contribution in [3.05, 3.63) is 35.4 Å². The van der Waals surface area contributed by atoms with Crippen molar-refractivity contribution in [1.29, 1.82) is 0 Å². The second-order valence-electron chi connectivity index (χ2n) is 5.94. The zero-order valence-corrected chi connectivity index (χ0v) is 11.4. The maximum Gasteiger partial charge on any atom is 0.223 e. The molecule has 1 fully saturated rings. The summed E-state index contributed by atoms with van der Waals surface area (Å²) >= 11 is 0. The Hall–Kier alpha value is -1.64. The summed E-state index contributed by atoms with van der Waals surface area (Å²) in [6.45, 7) is 2.23. The molecule has 1 aliphatic heterocycles. The van der Waals surface area contributed by atoms with Gasteiger partial charge in [-0.3, -0.25) is 9.79 Å². The zero-order valence-electron chi connectivity index (χ0n) is 11.4. The average Bonchev–Trinajstić information content (AvgIpc) is 2.37. The van der Waals surface area contributed by atoms with Crippen LogP contribution in [0.2, 0.25) is 0 Å². The fourth-order valence-electron chi connectivity index (χ4n) is 3.67. The number of aliphatic imine (C=N–C) groups is 1. The van der Waals surface area contributed by atoms with E-state index in [9.17, 15) is 4.79 Å². The highest BCUT2D eigenvalue weighted by molar-refractivity contribution is 6.11. The van der Waals surface area contributed by atoms with Crippen molar-refractivity contribution in [2.75, 3.05) is 0 Å². The Kier molecular flexibility index (Phi) is 2.92. The molecule has 0 unspecified atom stereocenters. The summed E-state index contributed by atoms with van der Waals surface area (Å²) < 4.78 is 0. The quantitative estimate of drug-likeness (QED) is 0.869. The number of carbonyl (C=O) groups is 1. The molecule has 19 heavy (non-hydrogen) atoms. The van der Waals surface area contributed by atoms with Crippen LogP contribution in [0.5, 0.6) is 0 Å². The van der Waals surface area contributed by atoms with E-state index >= 15 is 0 Å². The zero-order chi connectivity index (χ0) is 13.5.